The Bertz CT molecular complexity index is 160. The lowest BCUT2D eigenvalue weighted by atomic mass is 10.0. The van der Waals surface area contributed by atoms with E-state index in [1.807, 2.05) is 0 Å². The van der Waals surface area contributed by atoms with Crippen molar-refractivity contribution in [2.75, 3.05) is 14.2 Å². The van der Waals surface area contributed by atoms with Gasteiger partial charge in [-0.05, 0) is 19.3 Å². The van der Waals surface area contributed by atoms with Gasteiger partial charge < -0.3 is 9.47 Å². The van der Waals surface area contributed by atoms with Crippen molar-refractivity contribution in [1.82, 2.24) is 0 Å². The van der Waals surface area contributed by atoms with Crippen LogP contribution in [0.2, 0.25) is 0 Å². The second-order valence-electron chi connectivity index (χ2n) is 3.71. The maximum atomic E-state index is 11.6. The van der Waals surface area contributed by atoms with Crippen molar-refractivity contribution in [1.29, 1.82) is 0 Å². The molecule has 0 aliphatic heterocycles. The van der Waals surface area contributed by atoms with Gasteiger partial charge in [0.2, 0.25) is 5.79 Å². The van der Waals surface area contributed by atoms with Gasteiger partial charge in [0.05, 0.1) is 0 Å². The molecule has 0 spiro atoms. The topological polar surface area (TPSA) is 35.5 Å². The molecule has 0 aliphatic rings. The summed E-state index contributed by atoms with van der Waals surface area (Å²) in [6.45, 7) is 5.82. The fourth-order valence-corrected chi connectivity index (χ4v) is 0.958. The zero-order chi connectivity index (χ0) is 10.5. The smallest absolute Gasteiger partial charge is 0.225 e. The second kappa shape index (κ2) is 5.35. The minimum Gasteiger partial charge on any atom is -0.347 e. The summed E-state index contributed by atoms with van der Waals surface area (Å²) in [6.07, 6.45) is 1.39. The molecule has 0 aromatic carbocycles. The van der Waals surface area contributed by atoms with Gasteiger partial charge in [-0.25, -0.2) is 0 Å². The Morgan fingerprint density at radius 3 is 2.08 bits per heavy atom. The molecule has 0 fully saturated rings. The maximum Gasteiger partial charge on any atom is 0.225 e. The molecule has 0 amide bonds. The summed E-state index contributed by atoms with van der Waals surface area (Å²) in [4.78, 5) is 11.6. The van der Waals surface area contributed by atoms with E-state index < -0.39 is 5.79 Å². The third kappa shape index (κ3) is 3.87. The van der Waals surface area contributed by atoms with Crippen LogP contribution in [0.25, 0.3) is 0 Å². The number of ether oxygens (including phenoxy) is 2. The summed E-state index contributed by atoms with van der Waals surface area (Å²) >= 11 is 0. The fraction of sp³-hybridized carbons (Fsp3) is 0.900. The molecule has 0 rings (SSSR count). The van der Waals surface area contributed by atoms with E-state index in [1.165, 1.54) is 14.2 Å². The molecular formula is C10H20O3. The molecule has 0 aromatic heterocycles. The van der Waals surface area contributed by atoms with Crippen molar-refractivity contribution in [2.45, 2.75) is 39.4 Å². The monoisotopic (exact) mass is 188 g/mol. The lowest BCUT2D eigenvalue weighted by Crippen LogP contribution is -2.39. The minimum absolute atomic E-state index is 0.00574. The largest absolute Gasteiger partial charge is 0.347 e. The molecule has 78 valence electrons. The van der Waals surface area contributed by atoms with Crippen LogP contribution < -0.4 is 0 Å². The molecular weight excluding hydrogens is 168 g/mol. The molecule has 0 radical (unpaired) electrons. The molecule has 0 saturated heterocycles. The van der Waals surface area contributed by atoms with E-state index in [1.54, 1.807) is 6.92 Å². The Balaban J connectivity index is 4.07. The second-order valence-corrected chi connectivity index (χ2v) is 3.71. The summed E-state index contributed by atoms with van der Waals surface area (Å²) in [5.41, 5.74) is 0. The van der Waals surface area contributed by atoms with Crippen LogP contribution in [0.15, 0.2) is 0 Å². The summed E-state index contributed by atoms with van der Waals surface area (Å²) in [6, 6.07) is 0. The van der Waals surface area contributed by atoms with Crippen LogP contribution in [0.5, 0.6) is 0 Å². The molecule has 3 heteroatoms. The van der Waals surface area contributed by atoms with E-state index in [9.17, 15) is 4.79 Å². The van der Waals surface area contributed by atoms with E-state index in [2.05, 4.69) is 13.8 Å². The van der Waals surface area contributed by atoms with E-state index in [0.29, 0.717) is 12.3 Å². The number of hydrogen-bond acceptors (Lipinski definition) is 3. The quantitative estimate of drug-likeness (QED) is 0.598. The minimum atomic E-state index is -1.06. The number of rotatable bonds is 6. The number of ketones is 1. The van der Waals surface area contributed by atoms with Gasteiger partial charge in [-0.1, -0.05) is 13.8 Å². The van der Waals surface area contributed by atoms with Crippen LogP contribution in [-0.4, -0.2) is 25.8 Å². The normalized spacial score (nSPS) is 12.2. The molecule has 0 saturated carbocycles. The zero-order valence-electron chi connectivity index (χ0n) is 9.22. The molecule has 3 nitrogen and oxygen atoms in total. The van der Waals surface area contributed by atoms with E-state index >= 15 is 0 Å². The molecule has 0 atom stereocenters. The van der Waals surface area contributed by atoms with Crippen LogP contribution in [0.3, 0.4) is 0 Å². The highest BCUT2D eigenvalue weighted by molar-refractivity contribution is 5.85. The standard InChI is InChI=1S/C10H20O3/c1-8(2)6-7-9(11)10(3,12-4)13-5/h8H,6-7H2,1-5H3. The van der Waals surface area contributed by atoms with Crippen molar-refractivity contribution in [3.63, 3.8) is 0 Å². The summed E-state index contributed by atoms with van der Waals surface area (Å²) < 4.78 is 10.0. The van der Waals surface area contributed by atoms with Crippen molar-refractivity contribution in [2.24, 2.45) is 5.92 Å². The summed E-state index contributed by atoms with van der Waals surface area (Å²) in [7, 11) is 2.97. The van der Waals surface area contributed by atoms with Crippen LogP contribution in [-0.2, 0) is 14.3 Å². The molecule has 0 heterocycles. The first-order chi connectivity index (χ1) is 5.96. The van der Waals surface area contributed by atoms with Gasteiger partial charge in [-0.15, -0.1) is 0 Å². The molecule has 0 unspecified atom stereocenters. The molecule has 13 heavy (non-hydrogen) atoms. The number of carbonyl (C=O) groups is 1. The number of Topliss-reactive ketones (excluding diaryl/α,β-unsaturated/α-hetero) is 1. The van der Waals surface area contributed by atoms with Crippen LogP contribution in [0.1, 0.15) is 33.6 Å². The van der Waals surface area contributed by atoms with E-state index in [4.69, 9.17) is 9.47 Å². The Kier molecular flexibility index (Phi) is 5.18. The fourth-order valence-electron chi connectivity index (χ4n) is 0.958. The molecule has 0 aromatic rings. The predicted octanol–water partition coefficient (Wildman–Crippen LogP) is 2.00. The molecule has 0 N–H and O–H groups in total. The van der Waals surface area contributed by atoms with Crippen molar-refractivity contribution < 1.29 is 14.3 Å². The average Bonchev–Trinajstić information content (AvgIpc) is 2.12. The number of carbonyl (C=O) groups excluding carboxylic acids is 1. The molecule has 0 aliphatic carbocycles. The highest BCUT2D eigenvalue weighted by Crippen LogP contribution is 2.16. The Hall–Kier alpha value is -0.410. The maximum absolute atomic E-state index is 11.6. The Morgan fingerprint density at radius 1 is 1.31 bits per heavy atom. The van der Waals surface area contributed by atoms with Crippen molar-refractivity contribution >= 4 is 5.78 Å². The lowest BCUT2D eigenvalue weighted by molar-refractivity contribution is -0.199. The van der Waals surface area contributed by atoms with Gasteiger partial charge >= 0.3 is 0 Å². The van der Waals surface area contributed by atoms with Crippen LogP contribution in [0.4, 0.5) is 0 Å². The number of methoxy groups -OCH3 is 2. The van der Waals surface area contributed by atoms with E-state index in [-0.39, 0.29) is 5.78 Å². The van der Waals surface area contributed by atoms with Gasteiger partial charge in [-0.2, -0.15) is 0 Å². The summed E-state index contributed by atoms with van der Waals surface area (Å²) in [5, 5.41) is 0. The van der Waals surface area contributed by atoms with Gasteiger partial charge in [-0.3, -0.25) is 4.79 Å². The first-order valence-electron chi connectivity index (χ1n) is 4.60. The lowest BCUT2D eigenvalue weighted by Gasteiger charge is -2.24. The van der Waals surface area contributed by atoms with Crippen LogP contribution in [0, 0.1) is 5.92 Å². The Morgan fingerprint density at radius 2 is 1.77 bits per heavy atom. The van der Waals surface area contributed by atoms with Gasteiger partial charge in [0.15, 0.2) is 5.78 Å². The van der Waals surface area contributed by atoms with Gasteiger partial charge in [0.1, 0.15) is 0 Å². The van der Waals surface area contributed by atoms with Crippen molar-refractivity contribution in [3.05, 3.63) is 0 Å². The van der Waals surface area contributed by atoms with Gasteiger partial charge in [0.25, 0.3) is 0 Å². The Labute approximate surface area is 80.4 Å². The predicted molar refractivity (Wildman–Crippen MR) is 51.5 cm³/mol. The highest BCUT2D eigenvalue weighted by Gasteiger charge is 2.31. The number of hydrogen-bond donors (Lipinski definition) is 0. The van der Waals surface area contributed by atoms with E-state index in [0.717, 1.165) is 6.42 Å². The average molecular weight is 188 g/mol. The van der Waals surface area contributed by atoms with Crippen LogP contribution >= 0.6 is 0 Å². The zero-order valence-corrected chi connectivity index (χ0v) is 9.22. The third-order valence-corrected chi connectivity index (χ3v) is 2.23. The first-order valence-corrected chi connectivity index (χ1v) is 4.60. The van der Waals surface area contributed by atoms with Crippen molar-refractivity contribution in [3.8, 4) is 0 Å². The van der Waals surface area contributed by atoms with Gasteiger partial charge in [0, 0.05) is 20.6 Å². The first kappa shape index (κ1) is 12.6. The molecule has 0 bridgehead atoms. The third-order valence-electron chi connectivity index (χ3n) is 2.23. The summed E-state index contributed by atoms with van der Waals surface area (Å²) in [5.74, 6) is -0.525. The highest BCUT2D eigenvalue weighted by atomic mass is 16.7. The SMILES string of the molecule is COC(C)(OC)C(=O)CCC(C)C.